The molecule has 1 N–H and O–H groups in total. The molecule has 22 heavy (non-hydrogen) atoms. The molecule has 0 radical (unpaired) electrons. The van der Waals surface area contributed by atoms with Crippen molar-refractivity contribution in [3.05, 3.63) is 36.3 Å². The van der Waals surface area contributed by atoms with Gasteiger partial charge >= 0.3 is 0 Å². The molecule has 3 aromatic rings. The fourth-order valence-corrected chi connectivity index (χ4v) is 2.76. The number of nitrogens with zero attached hydrogens (tertiary/aromatic N) is 3. The monoisotopic (exact) mass is 299 g/mol. The summed E-state index contributed by atoms with van der Waals surface area (Å²) in [4.78, 5) is 9.15. The molecule has 0 aliphatic heterocycles. The predicted octanol–water partition coefficient (Wildman–Crippen LogP) is 2.85. The van der Waals surface area contributed by atoms with Crippen molar-refractivity contribution >= 4 is 21.9 Å². The number of hydrogen-bond acceptors (Lipinski definition) is 4. The first-order valence-corrected chi connectivity index (χ1v) is 7.52. The highest BCUT2D eigenvalue weighted by Crippen LogP contribution is 2.30. The lowest BCUT2D eigenvalue weighted by molar-refractivity contribution is 0.112. The standard InChI is InChI=1S/C17H21N3O2/c1-4-22-10-15-19-14-9-18-13-8-6-5-7-12(13)16(14)20(15)17(2,3)11-21/h5-9,21H,4,10-11H2,1-3H3. The van der Waals surface area contributed by atoms with Crippen LogP contribution in [0.5, 0.6) is 0 Å². The molecule has 5 nitrogen and oxygen atoms in total. The molecule has 1 aromatic carbocycles. The van der Waals surface area contributed by atoms with Crippen LogP contribution in [0.2, 0.25) is 0 Å². The van der Waals surface area contributed by atoms with E-state index >= 15 is 0 Å². The Kier molecular flexibility index (Phi) is 3.85. The first-order chi connectivity index (χ1) is 10.6. The van der Waals surface area contributed by atoms with Crippen LogP contribution >= 0.6 is 0 Å². The van der Waals surface area contributed by atoms with Crippen molar-refractivity contribution in [2.24, 2.45) is 0 Å². The van der Waals surface area contributed by atoms with Crippen LogP contribution in [0.15, 0.2) is 30.5 Å². The van der Waals surface area contributed by atoms with Crippen molar-refractivity contribution in [3.8, 4) is 0 Å². The summed E-state index contributed by atoms with van der Waals surface area (Å²) in [5, 5.41) is 10.9. The van der Waals surface area contributed by atoms with Gasteiger partial charge in [-0.2, -0.15) is 0 Å². The van der Waals surface area contributed by atoms with Gasteiger partial charge in [-0.15, -0.1) is 0 Å². The van der Waals surface area contributed by atoms with E-state index in [2.05, 4.69) is 14.5 Å². The molecule has 0 saturated heterocycles. The number of imidazole rings is 1. The highest BCUT2D eigenvalue weighted by molar-refractivity contribution is 6.02. The minimum atomic E-state index is -0.467. The maximum absolute atomic E-state index is 9.84. The third-order valence-electron chi connectivity index (χ3n) is 3.89. The second kappa shape index (κ2) is 5.66. The average Bonchev–Trinajstić information content (AvgIpc) is 2.92. The van der Waals surface area contributed by atoms with Crippen LogP contribution in [0.3, 0.4) is 0 Å². The van der Waals surface area contributed by atoms with Gasteiger partial charge in [-0.05, 0) is 26.8 Å². The van der Waals surface area contributed by atoms with Crippen molar-refractivity contribution in [2.75, 3.05) is 13.2 Å². The SMILES string of the molecule is CCOCc1nc2cnc3ccccc3c2n1C(C)(C)CO. The fraction of sp³-hybridized carbons (Fsp3) is 0.412. The summed E-state index contributed by atoms with van der Waals surface area (Å²) in [6.45, 7) is 7.03. The Morgan fingerprint density at radius 3 is 2.73 bits per heavy atom. The van der Waals surface area contributed by atoms with Gasteiger partial charge < -0.3 is 14.4 Å². The normalized spacial score (nSPS) is 12.4. The Balaban J connectivity index is 2.36. The molecule has 0 atom stereocenters. The molecule has 0 aliphatic carbocycles. The third kappa shape index (κ3) is 2.36. The van der Waals surface area contributed by atoms with E-state index in [0.717, 1.165) is 27.8 Å². The van der Waals surface area contributed by atoms with Gasteiger partial charge in [0.15, 0.2) is 0 Å². The highest BCUT2D eigenvalue weighted by atomic mass is 16.5. The molecule has 0 saturated carbocycles. The van der Waals surface area contributed by atoms with Crippen molar-refractivity contribution in [1.82, 2.24) is 14.5 Å². The average molecular weight is 299 g/mol. The van der Waals surface area contributed by atoms with E-state index in [-0.39, 0.29) is 6.61 Å². The Bertz CT molecular complexity index is 808. The van der Waals surface area contributed by atoms with Crippen LogP contribution in [0.1, 0.15) is 26.6 Å². The smallest absolute Gasteiger partial charge is 0.136 e. The van der Waals surface area contributed by atoms with Crippen LogP contribution in [-0.2, 0) is 16.9 Å². The summed E-state index contributed by atoms with van der Waals surface area (Å²) in [6.07, 6.45) is 1.79. The highest BCUT2D eigenvalue weighted by Gasteiger charge is 2.26. The summed E-state index contributed by atoms with van der Waals surface area (Å²) in [7, 11) is 0. The largest absolute Gasteiger partial charge is 0.394 e. The molecule has 0 fully saturated rings. The van der Waals surface area contributed by atoms with E-state index in [1.807, 2.05) is 45.0 Å². The molecule has 0 aliphatic rings. The number of benzene rings is 1. The molecule has 3 rings (SSSR count). The molecule has 116 valence electrons. The van der Waals surface area contributed by atoms with Gasteiger partial charge in [0.05, 0.1) is 29.4 Å². The number of pyridine rings is 1. The summed E-state index contributed by atoms with van der Waals surface area (Å²) in [5.74, 6) is 0.814. The van der Waals surface area contributed by atoms with Gasteiger partial charge in [0.25, 0.3) is 0 Å². The molecule has 0 spiro atoms. The number of ether oxygens (including phenoxy) is 1. The second-order valence-electron chi connectivity index (χ2n) is 5.98. The fourth-order valence-electron chi connectivity index (χ4n) is 2.76. The minimum absolute atomic E-state index is 0.0221. The van der Waals surface area contributed by atoms with Gasteiger partial charge in [-0.3, -0.25) is 4.98 Å². The Hall–Kier alpha value is -1.98. The zero-order valence-electron chi connectivity index (χ0n) is 13.2. The molecule has 2 heterocycles. The zero-order chi connectivity index (χ0) is 15.7. The van der Waals surface area contributed by atoms with Gasteiger partial charge in [0.2, 0.25) is 0 Å². The van der Waals surface area contributed by atoms with Gasteiger partial charge in [-0.25, -0.2) is 4.98 Å². The lowest BCUT2D eigenvalue weighted by atomic mass is 10.1. The number of fused-ring (bicyclic) bond motifs is 3. The van der Waals surface area contributed by atoms with E-state index in [9.17, 15) is 5.11 Å². The molecule has 2 aromatic heterocycles. The summed E-state index contributed by atoms with van der Waals surface area (Å²) in [5.41, 5.74) is 2.29. The van der Waals surface area contributed by atoms with E-state index < -0.39 is 5.54 Å². The molecule has 0 amide bonds. The van der Waals surface area contributed by atoms with Crippen LogP contribution in [0.4, 0.5) is 0 Å². The maximum atomic E-state index is 9.84. The number of aliphatic hydroxyl groups is 1. The van der Waals surface area contributed by atoms with Crippen LogP contribution in [-0.4, -0.2) is 32.9 Å². The Morgan fingerprint density at radius 2 is 2.00 bits per heavy atom. The van der Waals surface area contributed by atoms with Crippen LogP contribution in [0, 0.1) is 0 Å². The third-order valence-corrected chi connectivity index (χ3v) is 3.89. The summed E-state index contributed by atoms with van der Waals surface area (Å²) >= 11 is 0. The van der Waals surface area contributed by atoms with Crippen molar-refractivity contribution in [3.63, 3.8) is 0 Å². The van der Waals surface area contributed by atoms with Crippen molar-refractivity contribution < 1.29 is 9.84 Å². The number of aromatic nitrogens is 3. The molecular formula is C17H21N3O2. The second-order valence-corrected chi connectivity index (χ2v) is 5.98. The molecule has 5 heteroatoms. The summed E-state index contributed by atoms with van der Waals surface area (Å²) < 4.78 is 7.64. The quantitative estimate of drug-likeness (QED) is 0.787. The van der Waals surface area contributed by atoms with Crippen molar-refractivity contribution in [1.29, 1.82) is 0 Å². The summed E-state index contributed by atoms with van der Waals surface area (Å²) in [6, 6.07) is 8.00. The van der Waals surface area contributed by atoms with Crippen LogP contribution < -0.4 is 0 Å². The van der Waals surface area contributed by atoms with Gasteiger partial charge in [0, 0.05) is 12.0 Å². The van der Waals surface area contributed by atoms with E-state index in [4.69, 9.17) is 4.74 Å². The van der Waals surface area contributed by atoms with Gasteiger partial charge in [0.1, 0.15) is 17.9 Å². The molecule has 0 bridgehead atoms. The number of hydrogen-bond donors (Lipinski definition) is 1. The minimum Gasteiger partial charge on any atom is -0.394 e. The van der Waals surface area contributed by atoms with E-state index in [0.29, 0.717) is 13.2 Å². The van der Waals surface area contributed by atoms with E-state index in [1.165, 1.54) is 0 Å². The predicted molar refractivity (Wildman–Crippen MR) is 86.8 cm³/mol. The molecular weight excluding hydrogens is 278 g/mol. The topological polar surface area (TPSA) is 60.2 Å². The number of rotatable bonds is 5. The first-order valence-electron chi connectivity index (χ1n) is 7.52. The lowest BCUT2D eigenvalue weighted by Crippen LogP contribution is -2.32. The van der Waals surface area contributed by atoms with Crippen LogP contribution in [0.25, 0.3) is 21.9 Å². The molecule has 0 unspecified atom stereocenters. The lowest BCUT2D eigenvalue weighted by Gasteiger charge is -2.27. The maximum Gasteiger partial charge on any atom is 0.136 e. The number of aliphatic hydroxyl groups excluding tert-OH is 1. The van der Waals surface area contributed by atoms with Crippen molar-refractivity contribution in [2.45, 2.75) is 32.9 Å². The Morgan fingerprint density at radius 1 is 1.23 bits per heavy atom. The Labute approximate surface area is 129 Å². The van der Waals surface area contributed by atoms with Gasteiger partial charge in [-0.1, -0.05) is 18.2 Å². The first kappa shape index (κ1) is 14.9. The zero-order valence-corrected chi connectivity index (χ0v) is 13.2. The number of para-hydroxylation sites is 1. The van der Waals surface area contributed by atoms with E-state index in [1.54, 1.807) is 6.20 Å².